The van der Waals surface area contributed by atoms with Crippen molar-refractivity contribution < 1.29 is 9.52 Å². The van der Waals surface area contributed by atoms with E-state index in [2.05, 4.69) is 35.1 Å². The lowest BCUT2D eigenvalue weighted by molar-refractivity contribution is 0.235. The molecule has 1 heterocycles. The molecule has 0 spiro atoms. The number of halogens is 1. The van der Waals surface area contributed by atoms with Gasteiger partial charge in [0, 0.05) is 13.2 Å². The van der Waals surface area contributed by atoms with Crippen molar-refractivity contribution in [1.82, 2.24) is 5.32 Å². The first-order chi connectivity index (χ1) is 7.55. The van der Waals surface area contributed by atoms with E-state index in [4.69, 9.17) is 9.52 Å². The summed E-state index contributed by atoms with van der Waals surface area (Å²) in [6.07, 6.45) is 3.56. The minimum atomic E-state index is 0.210. The first-order valence-corrected chi connectivity index (χ1v) is 6.38. The SMILES string of the molecule is CC(C)(CCCO)CNCc1occc1Br. The van der Waals surface area contributed by atoms with Crippen LogP contribution in [0.15, 0.2) is 21.2 Å². The van der Waals surface area contributed by atoms with Crippen LogP contribution >= 0.6 is 15.9 Å². The maximum atomic E-state index is 8.80. The number of hydrogen-bond acceptors (Lipinski definition) is 3. The van der Waals surface area contributed by atoms with E-state index in [1.165, 1.54) is 0 Å². The molecule has 2 N–H and O–H groups in total. The summed E-state index contributed by atoms with van der Waals surface area (Å²) in [6, 6.07) is 1.90. The minimum Gasteiger partial charge on any atom is -0.467 e. The Balaban J connectivity index is 2.27. The highest BCUT2D eigenvalue weighted by Gasteiger charge is 2.17. The van der Waals surface area contributed by atoms with Crippen molar-refractivity contribution >= 4 is 15.9 Å². The summed E-state index contributed by atoms with van der Waals surface area (Å²) >= 11 is 3.42. The fraction of sp³-hybridized carbons (Fsp3) is 0.667. The van der Waals surface area contributed by atoms with Crippen molar-refractivity contribution in [2.45, 2.75) is 33.2 Å². The topological polar surface area (TPSA) is 45.4 Å². The zero-order valence-electron chi connectivity index (χ0n) is 9.92. The van der Waals surface area contributed by atoms with Crippen molar-refractivity contribution in [3.63, 3.8) is 0 Å². The van der Waals surface area contributed by atoms with E-state index in [1.807, 2.05) is 6.07 Å². The van der Waals surface area contributed by atoms with Crippen LogP contribution in [0.3, 0.4) is 0 Å². The lowest BCUT2D eigenvalue weighted by Gasteiger charge is -2.24. The van der Waals surface area contributed by atoms with Gasteiger partial charge < -0.3 is 14.8 Å². The highest BCUT2D eigenvalue weighted by molar-refractivity contribution is 9.10. The Bertz CT molecular complexity index is 310. The van der Waals surface area contributed by atoms with Gasteiger partial charge in [-0.15, -0.1) is 0 Å². The first-order valence-electron chi connectivity index (χ1n) is 5.58. The van der Waals surface area contributed by atoms with Crippen LogP contribution in [0.5, 0.6) is 0 Å². The van der Waals surface area contributed by atoms with Crippen LogP contribution < -0.4 is 5.32 Å². The van der Waals surface area contributed by atoms with Crippen molar-refractivity contribution in [2.75, 3.05) is 13.2 Å². The standard InChI is InChI=1S/C12H20BrNO2/c1-12(2,5-3-6-15)9-14-8-11-10(13)4-7-16-11/h4,7,14-15H,3,5-6,8-9H2,1-2H3. The second-order valence-corrected chi connectivity index (χ2v) is 5.64. The van der Waals surface area contributed by atoms with Gasteiger partial charge in [-0.2, -0.15) is 0 Å². The third-order valence-corrected chi connectivity index (χ3v) is 3.30. The molecule has 0 unspecified atom stereocenters. The van der Waals surface area contributed by atoms with Crippen LogP contribution in [-0.2, 0) is 6.54 Å². The normalized spacial score (nSPS) is 12.0. The maximum absolute atomic E-state index is 8.80. The van der Waals surface area contributed by atoms with Crippen molar-refractivity contribution in [3.8, 4) is 0 Å². The fourth-order valence-electron chi connectivity index (χ4n) is 1.61. The summed E-state index contributed by atoms with van der Waals surface area (Å²) in [4.78, 5) is 0. The van der Waals surface area contributed by atoms with E-state index in [0.717, 1.165) is 36.2 Å². The largest absolute Gasteiger partial charge is 0.467 e. The molecule has 1 aromatic heterocycles. The van der Waals surface area contributed by atoms with E-state index in [-0.39, 0.29) is 12.0 Å². The molecular formula is C12H20BrNO2. The average molecular weight is 290 g/mol. The van der Waals surface area contributed by atoms with Crippen molar-refractivity contribution in [2.24, 2.45) is 5.41 Å². The highest BCUT2D eigenvalue weighted by Crippen LogP contribution is 2.22. The van der Waals surface area contributed by atoms with Crippen LogP contribution in [0.4, 0.5) is 0 Å². The van der Waals surface area contributed by atoms with E-state index >= 15 is 0 Å². The Morgan fingerprint density at radius 2 is 2.25 bits per heavy atom. The molecule has 0 saturated carbocycles. The molecule has 4 heteroatoms. The van der Waals surface area contributed by atoms with Gasteiger partial charge in [0.05, 0.1) is 17.3 Å². The van der Waals surface area contributed by atoms with Crippen LogP contribution in [-0.4, -0.2) is 18.3 Å². The number of hydrogen-bond donors (Lipinski definition) is 2. The molecule has 0 saturated heterocycles. The number of aliphatic hydroxyl groups excluding tert-OH is 1. The molecule has 0 bridgehead atoms. The molecular weight excluding hydrogens is 270 g/mol. The summed E-state index contributed by atoms with van der Waals surface area (Å²) in [7, 11) is 0. The molecule has 1 rings (SSSR count). The molecule has 0 atom stereocenters. The van der Waals surface area contributed by atoms with Crippen LogP contribution in [0, 0.1) is 5.41 Å². The van der Waals surface area contributed by atoms with Gasteiger partial charge in [-0.1, -0.05) is 13.8 Å². The van der Waals surface area contributed by atoms with Gasteiger partial charge in [0.15, 0.2) is 0 Å². The molecule has 92 valence electrons. The predicted molar refractivity (Wildman–Crippen MR) is 68.2 cm³/mol. The molecule has 0 aliphatic carbocycles. The second-order valence-electron chi connectivity index (χ2n) is 4.79. The minimum absolute atomic E-state index is 0.210. The van der Waals surface area contributed by atoms with E-state index < -0.39 is 0 Å². The zero-order chi connectivity index (χ0) is 12.0. The smallest absolute Gasteiger partial charge is 0.131 e. The molecule has 1 aromatic rings. The highest BCUT2D eigenvalue weighted by atomic mass is 79.9. The number of rotatable bonds is 7. The van der Waals surface area contributed by atoms with Crippen LogP contribution in [0.1, 0.15) is 32.4 Å². The third-order valence-electron chi connectivity index (χ3n) is 2.59. The van der Waals surface area contributed by atoms with Crippen molar-refractivity contribution in [1.29, 1.82) is 0 Å². The number of nitrogens with one attached hydrogen (secondary N) is 1. The monoisotopic (exact) mass is 289 g/mol. The third kappa shape index (κ3) is 4.68. The quantitative estimate of drug-likeness (QED) is 0.811. The summed E-state index contributed by atoms with van der Waals surface area (Å²) in [5.41, 5.74) is 0.210. The molecule has 0 radical (unpaired) electrons. The van der Waals surface area contributed by atoms with Gasteiger partial charge in [0.1, 0.15) is 5.76 Å². The molecule has 0 amide bonds. The fourth-order valence-corrected chi connectivity index (χ4v) is 1.95. The summed E-state index contributed by atoms with van der Waals surface area (Å²) in [5, 5.41) is 12.2. The molecule has 0 aromatic carbocycles. The van der Waals surface area contributed by atoms with Crippen LogP contribution in [0.2, 0.25) is 0 Å². The molecule has 3 nitrogen and oxygen atoms in total. The Morgan fingerprint density at radius 3 is 2.81 bits per heavy atom. The van der Waals surface area contributed by atoms with E-state index in [9.17, 15) is 0 Å². The van der Waals surface area contributed by atoms with E-state index in [1.54, 1.807) is 6.26 Å². The Labute approximate surface area is 105 Å². The predicted octanol–water partition coefficient (Wildman–Crippen LogP) is 2.93. The number of furan rings is 1. The lowest BCUT2D eigenvalue weighted by Crippen LogP contribution is -2.29. The Hall–Kier alpha value is -0.320. The zero-order valence-corrected chi connectivity index (χ0v) is 11.5. The summed E-state index contributed by atoms with van der Waals surface area (Å²) in [6.45, 7) is 6.32. The van der Waals surface area contributed by atoms with Gasteiger partial charge in [0.2, 0.25) is 0 Å². The summed E-state index contributed by atoms with van der Waals surface area (Å²) < 4.78 is 6.32. The Morgan fingerprint density at radius 1 is 1.50 bits per heavy atom. The van der Waals surface area contributed by atoms with Gasteiger partial charge in [-0.3, -0.25) is 0 Å². The number of aliphatic hydroxyl groups is 1. The lowest BCUT2D eigenvalue weighted by atomic mass is 9.88. The molecule has 0 aliphatic rings. The summed E-state index contributed by atoms with van der Waals surface area (Å²) in [5.74, 6) is 0.929. The molecule has 0 fully saturated rings. The van der Waals surface area contributed by atoms with Gasteiger partial charge in [0.25, 0.3) is 0 Å². The molecule has 16 heavy (non-hydrogen) atoms. The first kappa shape index (κ1) is 13.7. The van der Waals surface area contributed by atoms with Gasteiger partial charge in [-0.05, 0) is 40.3 Å². The average Bonchev–Trinajstić information content (AvgIpc) is 2.62. The maximum Gasteiger partial charge on any atom is 0.131 e. The second kappa shape index (κ2) is 6.42. The van der Waals surface area contributed by atoms with Gasteiger partial charge >= 0.3 is 0 Å². The van der Waals surface area contributed by atoms with Gasteiger partial charge in [-0.25, -0.2) is 0 Å². The Kier molecular flexibility index (Phi) is 5.52. The molecule has 0 aliphatic heterocycles. The van der Waals surface area contributed by atoms with Crippen LogP contribution in [0.25, 0.3) is 0 Å². The van der Waals surface area contributed by atoms with Crippen molar-refractivity contribution in [3.05, 3.63) is 22.6 Å². The van der Waals surface area contributed by atoms with E-state index in [0.29, 0.717) is 0 Å².